The van der Waals surface area contributed by atoms with Crippen LogP contribution in [0.25, 0.3) is 11.4 Å². The average Bonchev–Trinajstić information content (AvgIpc) is 3.40. The van der Waals surface area contributed by atoms with Gasteiger partial charge in [0.15, 0.2) is 5.76 Å². The number of nitrogens with zero attached hydrogens (tertiary/aromatic N) is 4. The van der Waals surface area contributed by atoms with Crippen molar-refractivity contribution < 1.29 is 24.2 Å². The van der Waals surface area contributed by atoms with E-state index in [-0.39, 0.29) is 17.0 Å². The molecule has 0 aliphatic carbocycles. The molecule has 2 aromatic heterocycles. The molecule has 9 heteroatoms. The Morgan fingerprint density at radius 1 is 1.11 bits per heavy atom. The fourth-order valence-electron chi connectivity index (χ4n) is 5.06. The number of hydrogen-bond donors (Lipinski definition) is 1. The third-order valence-corrected chi connectivity index (χ3v) is 7.26. The van der Waals surface area contributed by atoms with E-state index in [0.29, 0.717) is 35.4 Å². The van der Waals surface area contributed by atoms with Crippen molar-refractivity contribution in [1.82, 2.24) is 19.2 Å². The molecule has 1 saturated heterocycles. The maximum absolute atomic E-state index is 13.4. The molecule has 0 saturated carbocycles. The zero-order chi connectivity index (χ0) is 27.6. The highest BCUT2D eigenvalue weighted by molar-refractivity contribution is 6.46. The van der Waals surface area contributed by atoms with Gasteiger partial charge in [0.2, 0.25) is 0 Å². The Kier molecular flexibility index (Phi) is 7.97. The number of ether oxygens (including phenoxy) is 1. The number of carbonyl (C=O) groups is 3. The van der Waals surface area contributed by atoms with Gasteiger partial charge in [0, 0.05) is 12.7 Å². The Bertz CT molecular complexity index is 1400. The number of fused-ring (bicyclic) bond motifs is 1. The molecule has 0 spiro atoms. The number of hydrogen-bond acceptors (Lipinski definition) is 7. The van der Waals surface area contributed by atoms with E-state index in [1.807, 2.05) is 36.6 Å². The van der Waals surface area contributed by atoms with Crippen molar-refractivity contribution in [3.05, 3.63) is 76.2 Å². The fraction of sp³-hybridized carbons (Fsp3) is 0.379. The number of ketones is 1. The topological polar surface area (TPSA) is 104 Å². The lowest BCUT2D eigenvalue weighted by Crippen LogP contribution is -2.33. The number of benzene rings is 1. The third-order valence-electron chi connectivity index (χ3n) is 7.26. The molecular formula is C29H34N4O5. The highest BCUT2D eigenvalue weighted by Gasteiger charge is 2.46. The van der Waals surface area contributed by atoms with Crippen LogP contribution in [0.1, 0.15) is 59.2 Å². The summed E-state index contributed by atoms with van der Waals surface area (Å²) in [7, 11) is 1.31. The summed E-state index contributed by atoms with van der Waals surface area (Å²) in [5.74, 6) is -2.20. The summed E-state index contributed by atoms with van der Waals surface area (Å²) in [4.78, 5) is 47.1. The highest BCUT2D eigenvalue weighted by Crippen LogP contribution is 2.40. The third kappa shape index (κ3) is 4.81. The zero-order valence-corrected chi connectivity index (χ0v) is 22.5. The maximum Gasteiger partial charge on any atom is 0.337 e. The van der Waals surface area contributed by atoms with E-state index >= 15 is 0 Å². The number of aromatic nitrogens is 2. The SMILES string of the molecule is CCN(CC)CCCN1C(=O)C(=O)C(=C(O)c2nc3c(C)cccn3c2C)C1c1ccc(C(=O)OC)cc1. The second-order valence-corrected chi connectivity index (χ2v) is 9.42. The molecule has 1 atom stereocenters. The Morgan fingerprint density at radius 3 is 2.39 bits per heavy atom. The Hall–Kier alpha value is -3.98. The standard InChI is InChI=1S/C29H34N4O5/c1-6-31(7-2)15-9-17-33-24(20-11-13-21(14-12-20)29(37)38-5)22(26(35)28(33)36)25(34)23-19(4)32-16-8-10-18(3)27(32)30-23/h8,10-14,16,24,34H,6-7,9,15,17H2,1-5H3. The lowest BCUT2D eigenvalue weighted by Gasteiger charge is -2.26. The van der Waals surface area contributed by atoms with E-state index in [2.05, 4.69) is 23.7 Å². The van der Waals surface area contributed by atoms with Crippen molar-refractivity contribution >= 4 is 29.1 Å². The summed E-state index contributed by atoms with van der Waals surface area (Å²) in [6.45, 7) is 10.8. The quantitative estimate of drug-likeness (QED) is 0.198. The highest BCUT2D eigenvalue weighted by atomic mass is 16.5. The van der Waals surface area contributed by atoms with Crippen molar-refractivity contribution in [2.24, 2.45) is 0 Å². The second kappa shape index (κ2) is 11.2. The van der Waals surface area contributed by atoms with Crippen LogP contribution < -0.4 is 0 Å². The van der Waals surface area contributed by atoms with Gasteiger partial charge in [0.05, 0.1) is 30.0 Å². The van der Waals surface area contributed by atoms with Gasteiger partial charge in [0.25, 0.3) is 11.7 Å². The largest absolute Gasteiger partial charge is 0.505 e. The molecular weight excluding hydrogens is 484 g/mol. The van der Waals surface area contributed by atoms with E-state index in [4.69, 9.17) is 4.74 Å². The summed E-state index contributed by atoms with van der Waals surface area (Å²) >= 11 is 0. The van der Waals surface area contributed by atoms with Crippen molar-refractivity contribution in [3.8, 4) is 0 Å². The van der Waals surface area contributed by atoms with Crippen molar-refractivity contribution in [3.63, 3.8) is 0 Å². The molecule has 0 radical (unpaired) electrons. The minimum atomic E-state index is -0.816. The summed E-state index contributed by atoms with van der Waals surface area (Å²) in [5, 5.41) is 11.5. The molecule has 1 fully saturated rings. The van der Waals surface area contributed by atoms with Gasteiger partial charge < -0.3 is 24.0 Å². The molecule has 3 aromatic rings. The predicted octanol–water partition coefficient (Wildman–Crippen LogP) is 3.89. The molecule has 1 N–H and O–H groups in total. The minimum absolute atomic E-state index is 0.00665. The lowest BCUT2D eigenvalue weighted by atomic mass is 9.95. The first kappa shape index (κ1) is 27.1. The van der Waals surface area contributed by atoms with E-state index in [1.165, 1.54) is 12.0 Å². The first-order valence-corrected chi connectivity index (χ1v) is 12.9. The van der Waals surface area contributed by atoms with Crippen molar-refractivity contribution in [2.75, 3.05) is 33.3 Å². The molecule has 9 nitrogen and oxygen atoms in total. The van der Waals surface area contributed by atoms with Crippen molar-refractivity contribution in [1.29, 1.82) is 0 Å². The molecule has 4 rings (SSSR count). The van der Waals surface area contributed by atoms with E-state index in [1.54, 1.807) is 24.3 Å². The molecule has 1 aliphatic rings. The van der Waals surface area contributed by atoms with Crippen LogP contribution in [0.2, 0.25) is 0 Å². The van der Waals surface area contributed by atoms with Crippen LogP contribution in [-0.4, -0.2) is 75.2 Å². The molecule has 1 amide bonds. The number of amides is 1. The number of aliphatic hydroxyl groups is 1. The average molecular weight is 519 g/mol. The van der Waals surface area contributed by atoms with Gasteiger partial charge in [0.1, 0.15) is 11.3 Å². The lowest BCUT2D eigenvalue weighted by molar-refractivity contribution is -0.140. The van der Waals surface area contributed by atoms with Crippen LogP contribution in [0.3, 0.4) is 0 Å². The number of aryl methyl sites for hydroxylation is 2. The van der Waals surface area contributed by atoms with Crippen LogP contribution in [0.15, 0.2) is 48.2 Å². The number of likely N-dealkylation sites (tertiary alicyclic amines) is 1. The number of carbonyl (C=O) groups excluding carboxylic acids is 3. The van der Waals surface area contributed by atoms with Crippen LogP contribution in [0, 0.1) is 13.8 Å². The van der Waals surface area contributed by atoms with Crippen LogP contribution in [-0.2, 0) is 14.3 Å². The normalized spacial score (nSPS) is 17.1. The first-order valence-electron chi connectivity index (χ1n) is 12.9. The minimum Gasteiger partial charge on any atom is -0.505 e. The first-order chi connectivity index (χ1) is 18.2. The maximum atomic E-state index is 13.4. The van der Waals surface area contributed by atoms with Gasteiger partial charge in [-0.05, 0) is 69.2 Å². The van der Waals surface area contributed by atoms with Gasteiger partial charge in [-0.1, -0.05) is 32.0 Å². The number of methoxy groups -OCH3 is 1. The summed E-state index contributed by atoms with van der Waals surface area (Å²) in [5.41, 5.74) is 3.46. The van der Waals surface area contributed by atoms with Gasteiger partial charge in [-0.3, -0.25) is 9.59 Å². The van der Waals surface area contributed by atoms with Gasteiger partial charge >= 0.3 is 5.97 Å². The second-order valence-electron chi connectivity index (χ2n) is 9.42. The number of rotatable bonds is 9. The number of esters is 1. The summed E-state index contributed by atoms with van der Waals surface area (Å²) < 4.78 is 6.65. The van der Waals surface area contributed by atoms with E-state index < -0.39 is 23.7 Å². The summed E-state index contributed by atoms with van der Waals surface area (Å²) in [6.07, 6.45) is 2.51. The fourth-order valence-corrected chi connectivity index (χ4v) is 5.06. The number of aliphatic hydroxyl groups excluding tert-OH is 1. The number of imidazole rings is 1. The molecule has 38 heavy (non-hydrogen) atoms. The monoisotopic (exact) mass is 518 g/mol. The molecule has 3 heterocycles. The Morgan fingerprint density at radius 2 is 1.79 bits per heavy atom. The summed E-state index contributed by atoms with van der Waals surface area (Å²) in [6, 6.07) is 9.56. The molecule has 0 bridgehead atoms. The predicted molar refractivity (Wildman–Crippen MR) is 144 cm³/mol. The van der Waals surface area contributed by atoms with E-state index in [0.717, 1.165) is 25.2 Å². The Balaban J connectivity index is 1.82. The van der Waals surface area contributed by atoms with Crippen LogP contribution >= 0.6 is 0 Å². The molecule has 200 valence electrons. The smallest absolute Gasteiger partial charge is 0.337 e. The molecule has 1 unspecified atom stereocenters. The molecule has 1 aliphatic heterocycles. The van der Waals surface area contributed by atoms with Crippen molar-refractivity contribution in [2.45, 2.75) is 40.2 Å². The molecule has 1 aromatic carbocycles. The number of pyridine rings is 1. The van der Waals surface area contributed by atoms with Crippen LogP contribution in [0.5, 0.6) is 0 Å². The Labute approximate surface area is 222 Å². The number of Topliss-reactive ketones (excluding diaryl/α,β-unsaturated/α-hetero) is 1. The van der Waals surface area contributed by atoms with Crippen LogP contribution in [0.4, 0.5) is 0 Å². The van der Waals surface area contributed by atoms with Gasteiger partial charge in [-0.15, -0.1) is 0 Å². The zero-order valence-electron chi connectivity index (χ0n) is 22.5. The van der Waals surface area contributed by atoms with Gasteiger partial charge in [-0.25, -0.2) is 9.78 Å². The van der Waals surface area contributed by atoms with Gasteiger partial charge in [-0.2, -0.15) is 0 Å². The van der Waals surface area contributed by atoms with E-state index in [9.17, 15) is 19.5 Å².